The third-order valence-electron chi connectivity index (χ3n) is 3.65. The van der Waals surface area contributed by atoms with E-state index in [0.717, 1.165) is 17.0 Å². The van der Waals surface area contributed by atoms with Crippen molar-refractivity contribution in [3.63, 3.8) is 0 Å². The normalized spacial score (nSPS) is 19.1. The van der Waals surface area contributed by atoms with Gasteiger partial charge >= 0.3 is 0 Å². The van der Waals surface area contributed by atoms with Crippen LogP contribution in [0.25, 0.3) is 0 Å². The second-order valence-corrected chi connectivity index (χ2v) is 8.90. The molecule has 1 heteroatoms. The Morgan fingerprint density at radius 3 is 1.06 bits per heavy atom. The summed E-state index contributed by atoms with van der Waals surface area (Å²) in [5, 5.41) is 0. The maximum atomic E-state index is 2.51. The first kappa shape index (κ1) is 16.4. The molecule has 0 aromatic rings. The summed E-state index contributed by atoms with van der Waals surface area (Å²) in [5.74, 6) is 0. The molecule has 3 atom stereocenters. The quantitative estimate of drug-likeness (QED) is 0.434. The molecular weight excluding hydrogens is 211 g/mol. The van der Waals surface area contributed by atoms with Crippen molar-refractivity contribution in [1.29, 1.82) is 0 Å². The van der Waals surface area contributed by atoms with Gasteiger partial charge in [-0.15, -0.1) is 0 Å². The fourth-order valence-corrected chi connectivity index (χ4v) is 7.28. The van der Waals surface area contributed by atoms with Crippen molar-refractivity contribution in [1.82, 2.24) is 0 Å². The molecule has 0 bridgehead atoms. The molecule has 0 saturated carbocycles. The standard InChI is InChI=1S/C15H33P/c1-7-10-13(4)16(14(5)11-8-2)15(6)12-9-3/h13-15H,7-12H2,1-6H3. The average Bonchev–Trinajstić information content (AvgIpc) is 2.19. The van der Waals surface area contributed by atoms with Crippen LogP contribution in [0.2, 0.25) is 0 Å². The van der Waals surface area contributed by atoms with Gasteiger partial charge in [0.1, 0.15) is 0 Å². The van der Waals surface area contributed by atoms with Crippen molar-refractivity contribution >= 4 is 7.92 Å². The minimum absolute atomic E-state index is 0.238. The molecule has 0 spiro atoms. The van der Waals surface area contributed by atoms with Crippen molar-refractivity contribution in [2.24, 2.45) is 0 Å². The van der Waals surface area contributed by atoms with Crippen molar-refractivity contribution in [2.45, 2.75) is 97.0 Å². The summed E-state index contributed by atoms with van der Waals surface area (Å²) in [5.41, 5.74) is 2.93. The Hall–Kier alpha value is 0.430. The number of rotatable bonds is 9. The molecule has 0 rings (SSSR count). The zero-order valence-corrected chi connectivity index (χ0v) is 13.3. The van der Waals surface area contributed by atoms with Gasteiger partial charge in [-0.3, -0.25) is 0 Å². The lowest BCUT2D eigenvalue weighted by Gasteiger charge is -2.35. The van der Waals surface area contributed by atoms with E-state index in [1.165, 1.54) is 38.5 Å². The zero-order chi connectivity index (χ0) is 12.6. The highest BCUT2D eigenvalue weighted by Crippen LogP contribution is 2.54. The lowest BCUT2D eigenvalue weighted by molar-refractivity contribution is 0.700. The zero-order valence-electron chi connectivity index (χ0n) is 12.4. The molecule has 0 fully saturated rings. The van der Waals surface area contributed by atoms with E-state index >= 15 is 0 Å². The van der Waals surface area contributed by atoms with Gasteiger partial charge in [-0.25, -0.2) is 0 Å². The van der Waals surface area contributed by atoms with E-state index in [9.17, 15) is 0 Å². The van der Waals surface area contributed by atoms with Gasteiger partial charge in [0.15, 0.2) is 0 Å². The first-order valence-corrected chi connectivity index (χ1v) is 8.90. The molecule has 0 radical (unpaired) electrons. The monoisotopic (exact) mass is 244 g/mol. The largest absolute Gasteiger partial charge is 0.0980 e. The fourth-order valence-electron chi connectivity index (χ4n) is 3.00. The summed E-state index contributed by atoms with van der Waals surface area (Å²) in [4.78, 5) is 0. The van der Waals surface area contributed by atoms with Crippen LogP contribution in [0.3, 0.4) is 0 Å². The molecule has 0 amide bonds. The second kappa shape index (κ2) is 9.46. The molecule has 0 N–H and O–H groups in total. The van der Waals surface area contributed by atoms with Crippen LogP contribution in [0.1, 0.15) is 80.1 Å². The SMILES string of the molecule is CCCC(C)P(C(C)CCC)C(C)CCC. The van der Waals surface area contributed by atoms with Crippen LogP contribution in [0.5, 0.6) is 0 Å². The van der Waals surface area contributed by atoms with E-state index in [-0.39, 0.29) is 7.92 Å². The second-order valence-electron chi connectivity index (χ2n) is 5.36. The summed E-state index contributed by atoms with van der Waals surface area (Å²) < 4.78 is 0. The number of hydrogen-bond acceptors (Lipinski definition) is 0. The van der Waals surface area contributed by atoms with Gasteiger partial charge in [0, 0.05) is 0 Å². The summed E-state index contributed by atoms with van der Waals surface area (Å²) in [6, 6.07) is 0. The molecule has 0 saturated heterocycles. The van der Waals surface area contributed by atoms with Crippen LogP contribution >= 0.6 is 7.92 Å². The molecule has 0 aliphatic carbocycles. The Balaban J connectivity index is 4.47. The Kier molecular flexibility index (Phi) is 9.71. The Bertz CT molecular complexity index is 127. The molecule has 0 nitrogen and oxygen atoms in total. The summed E-state index contributed by atoms with van der Waals surface area (Å²) >= 11 is 0. The van der Waals surface area contributed by atoms with Crippen LogP contribution in [0, 0.1) is 0 Å². The van der Waals surface area contributed by atoms with Crippen molar-refractivity contribution in [3.8, 4) is 0 Å². The summed E-state index contributed by atoms with van der Waals surface area (Å²) in [7, 11) is 0.238. The molecular formula is C15H33P. The molecule has 0 aliphatic rings. The molecule has 0 aromatic carbocycles. The van der Waals surface area contributed by atoms with E-state index in [0.29, 0.717) is 0 Å². The third-order valence-corrected chi connectivity index (χ3v) is 7.47. The maximum Gasteiger partial charge on any atom is -0.0233 e. The Morgan fingerprint density at radius 2 is 0.875 bits per heavy atom. The van der Waals surface area contributed by atoms with Gasteiger partial charge in [0.25, 0.3) is 0 Å². The first-order valence-electron chi connectivity index (χ1n) is 7.35. The Labute approximate surface area is 105 Å². The van der Waals surface area contributed by atoms with Gasteiger partial charge in [-0.1, -0.05) is 68.7 Å². The van der Waals surface area contributed by atoms with Gasteiger partial charge < -0.3 is 0 Å². The van der Waals surface area contributed by atoms with Crippen LogP contribution in [0.15, 0.2) is 0 Å². The highest BCUT2D eigenvalue weighted by Gasteiger charge is 2.26. The molecule has 0 aromatic heterocycles. The summed E-state index contributed by atoms with van der Waals surface area (Å²) in [6.45, 7) is 14.5. The average molecular weight is 244 g/mol. The van der Waals surface area contributed by atoms with Crippen LogP contribution in [-0.4, -0.2) is 17.0 Å². The topological polar surface area (TPSA) is 0 Å². The van der Waals surface area contributed by atoms with E-state index < -0.39 is 0 Å². The van der Waals surface area contributed by atoms with E-state index in [1.807, 2.05) is 0 Å². The van der Waals surface area contributed by atoms with Gasteiger partial charge in [-0.05, 0) is 36.2 Å². The van der Waals surface area contributed by atoms with Gasteiger partial charge in [0.05, 0.1) is 0 Å². The van der Waals surface area contributed by atoms with Crippen molar-refractivity contribution in [2.75, 3.05) is 0 Å². The van der Waals surface area contributed by atoms with E-state index in [4.69, 9.17) is 0 Å². The summed E-state index contributed by atoms with van der Waals surface area (Å²) in [6.07, 6.45) is 8.39. The maximum absolute atomic E-state index is 2.51. The van der Waals surface area contributed by atoms with Crippen LogP contribution < -0.4 is 0 Å². The predicted molar refractivity (Wildman–Crippen MR) is 80.0 cm³/mol. The minimum Gasteiger partial charge on any atom is -0.0980 e. The minimum atomic E-state index is 0.238. The van der Waals surface area contributed by atoms with Crippen LogP contribution in [0.4, 0.5) is 0 Å². The van der Waals surface area contributed by atoms with Crippen molar-refractivity contribution < 1.29 is 0 Å². The predicted octanol–water partition coefficient (Wildman–Crippen LogP) is 6.03. The smallest absolute Gasteiger partial charge is 0.0233 e. The highest BCUT2D eigenvalue weighted by atomic mass is 31.1. The van der Waals surface area contributed by atoms with Crippen molar-refractivity contribution in [3.05, 3.63) is 0 Å². The molecule has 16 heavy (non-hydrogen) atoms. The Morgan fingerprint density at radius 1 is 0.625 bits per heavy atom. The third kappa shape index (κ3) is 5.67. The first-order chi connectivity index (χ1) is 7.58. The fraction of sp³-hybridized carbons (Fsp3) is 1.00. The number of hydrogen-bond donors (Lipinski definition) is 0. The van der Waals surface area contributed by atoms with E-state index in [2.05, 4.69) is 41.5 Å². The van der Waals surface area contributed by atoms with Gasteiger partial charge in [-0.2, -0.15) is 0 Å². The molecule has 3 unspecified atom stereocenters. The highest BCUT2D eigenvalue weighted by molar-refractivity contribution is 7.59. The lowest BCUT2D eigenvalue weighted by atomic mass is 10.2. The van der Waals surface area contributed by atoms with Crippen LogP contribution in [-0.2, 0) is 0 Å². The molecule has 0 aliphatic heterocycles. The van der Waals surface area contributed by atoms with E-state index in [1.54, 1.807) is 0 Å². The lowest BCUT2D eigenvalue weighted by Crippen LogP contribution is -2.18. The van der Waals surface area contributed by atoms with Gasteiger partial charge in [0.2, 0.25) is 0 Å². The molecule has 98 valence electrons. The molecule has 0 heterocycles.